The summed E-state index contributed by atoms with van der Waals surface area (Å²) in [5.74, 6) is -0.499. The number of aromatic nitrogens is 1. The number of nitrogens with two attached hydrogens (primary N) is 1. The van der Waals surface area contributed by atoms with Gasteiger partial charge in [-0.3, -0.25) is 9.59 Å². The Morgan fingerprint density at radius 3 is 2.69 bits per heavy atom. The van der Waals surface area contributed by atoms with Gasteiger partial charge >= 0.3 is 0 Å². The average Bonchev–Trinajstić information content (AvgIpc) is 3.14. The van der Waals surface area contributed by atoms with Crippen molar-refractivity contribution in [2.24, 2.45) is 5.73 Å². The molecular weight excluding hydrogens is 414 g/mol. The highest BCUT2D eigenvalue weighted by molar-refractivity contribution is 7.18. The van der Waals surface area contributed by atoms with Crippen molar-refractivity contribution in [1.82, 2.24) is 9.88 Å². The predicted molar refractivity (Wildman–Crippen MR) is 113 cm³/mol. The van der Waals surface area contributed by atoms with Gasteiger partial charge in [0.2, 0.25) is 0 Å². The number of hydrogen-bond acceptors (Lipinski definition) is 6. The number of para-hydroxylation sites is 1. The van der Waals surface area contributed by atoms with Crippen molar-refractivity contribution in [3.8, 4) is 11.5 Å². The molecule has 7 nitrogen and oxygen atoms in total. The van der Waals surface area contributed by atoms with Gasteiger partial charge < -0.3 is 20.1 Å². The van der Waals surface area contributed by atoms with Crippen molar-refractivity contribution in [2.75, 3.05) is 20.8 Å². The lowest BCUT2D eigenvalue weighted by Crippen LogP contribution is -2.29. The Balaban J connectivity index is 1.86. The Bertz CT molecular complexity index is 1040. The number of hydrogen-bond donors (Lipinski definition) is 1. The molecule has 2 aromatic carbocycles. The van der Waals surface area contributed by atoms with Crippen molar-refractivity contribution >= 4 is 45.0 Å². The van der Waals surface area contributed by atoms with Crippen LogP contribution in [-0.2, 0) is 4.79 Å². The zero-order chi connectivity index (χ0) is 21.1. The van der Waals surface area contributed by atoms with E-state index in [0.717, 1.165) is 15.2 Å². The Morgan fingerprint density at radius 1 is 1.31 bits per heavy atom. The van der Waals surface area contributed by atoms with E-state index in [4.69, 9.17) is 26.8 Å². The van der Waals surface area contributed by atoms with Gasteiger partial charge in [0.1, 0.15) is 5.01 Å². The van der Waals surface area contributed by atoms with E-state index in [1.807, 2.05) is 31.2 Å². The lowest BCUT2D eigenvalue weighted by atomic mass is 10.1. The molecule has 0 bridgehead atoms. The van der Waals surface area contributed by atoms with Crippen LogP contribution in [0.4, 0.5) is 0 Å². The first kappa shape index (κ1) is 20.9. The number of fused-ring (bicyclic) bond motifs is 1. The molecule has 0 aliphatic rings. The van der Waals surface area contributed by atoms with Gasteiger partial charge in [0, 0.05) is 12.6 Å². The van der Waals surface area contributed by atoms with E-state index < -0.39 is 5.91 Å². The maximum atomic E-state index is 13.0. The minimum absolute atomic E-state index is 0.148. The van der Waals surface area contributed by atoms with E-state index in [2.05, 4.69) is 4.98 Å². The highest BCUT2D eigenvalue weighted by Gasteiger charge is 2.24. The SMILES string of the molecule is COc1cc(C(=O)N(C)C(C)c2nc3ccccc3s2)cc(Cl)c1OCC(N)=O. The summed E-state index contributed by atoms with van der Waals surface area (Å²) < 4.78 is 11.6. The average molecular weight is 434 g/mol. The lowest BCUT2D eigenvalue weighted by Gasteiger charge is -2.24. The maximum Gasteiger partial charge on any atom is 0.255 e. The van der Waals surface area contributed by atoms with E-state index in [1.165, 1.54) is 19.2 Å². The smallest absolute Gasteiger partial charge is 0.255 e. The zero-order valence-electron chi connectivity index (χ0n) is 16.1. The number of primary amides is 1. The third kappa shape index (κ3) is 4.44. The predicted octanol–water partition coefficient (Wildman–Crippen LogP) is 3.66. The molecule has 0 saturated carbocycles. The molecule has 0 aliphatic heterocycles. The molecule has 1 heterocycles. The summed E-state index contributed by atoms with van der Waals surface area (Å²) in [6, 6.07) is 10.6. The second-order valence-electron chi connectivity index (χ2n) is 6.36. The number of rotatable bonds is 7. The Morgan fingerprint density at radius 2 is 2.03 bits per heavy atom. The Hall–Kier alpha value is -2.84. The first-order valence-electron chi connectivity index (χ1n) is 8.73. The molecule has 2 N–H and O–H groups in total. The molecule has 3 rings (SSSR count). The molecule has 0 saturated heterocycles. The van der Waals surface area contributed by atoms with Crippen LogP contribution in [-0.4, -0.2) is 42.5 Å². The molecular formula is C20H20ClN3O4S. The van der Waals surface area contributed by atoms with E-state index >= 15 is 0 Å². The number of nitrogens with zero attached hydrogens (tertiary/aromatic N) is 2. The maximum absolute atomic E-state index is 13.0. The van der Waals surface area contributed by atoms with Crippen molar-refractivity contribution < 1.29 is 19.1 Å². The van der Waals surface area contributed by atoms with Crippen LogP contribution in [0, 0.1) is 0 Å². The largest absolute Gasteiger partial charge is 0.493 e. The van der Waals surface area contributed by atoms with E-state index in [9.17, 15) is 9.59 Å². The van der Waals surface area contributed by atoms with Gasteiger partial charge in [0.05, 0.1) is 28.4 Å². The monoisotopic (exact) mass is 433 g/mol. The van der Waals surface area contributed by atoms with Crippen LogP contribution in [0.15, 0.2) is 36.4 Å². The lowest BCUT2D eigenvalue weighted by molar-refractivity contribution is -0.119. The van der Waals surface area contributed by atoms with Crippen LogP contribution in [0.3, 0.4) is 0 Å². The fraction of sp³-hybridized carbons (Fsp3) is 0.250. The number of amides is 2. The normalized spacial score (nSPS) is 11.9. The van der Waals surface area contributed by atoms with Gasteiger partial charge in [-0.2, -0.15) is 0 Å². The highest BCUT2D eigenvalue weighted by Crippen LogP contribution is 2.37. The molecule has 0 aliphatic carbocycles. The zero-order valence-corrected chi connectivity index (χ0v) is 17.7. The molecule has 1 aromatic heterocycles. The number of ether oxygens (including phenoxy) is 2. The van der Waals surface area contributed by atoms with E-state index in [0.29, 0.717) is 5.56 Å². The van der Waals surface area contributed by atoms with Crippen molar-refractivity contribution in [2.45, 2.75) is 13.0 Å². The van der Waals surface area contributed by atoms with Gasteiger partial charge in [0.15, 0.2) is 18.1 Å². The molecule has 9 heteroatoms. The van der Waals surface area contributed by atoms with Crippen LogP contribution in [0.25, 0.3) is 10.2 Å². The number of halogens is 1. The summed E-state index contributed by atoms with van der Waals surface area (Å²) in [7, 11) is 3.13. The summed E-state index contributed by atoms with van der Waals surface area (Å²) in [5.41, 5.74) is 6.33. The molecule has 0 fully saturated rings. The standard InChI is InChI=1S/C20H20ClN3O4S/c1-11(19-23-14-6-4-5-7-16(14)29-19)24(2)20(26)12-8-13(21)18(15(9-12)27-3)28-10-17(22)25/h4-9,11H,10H2,1-3H3,(H2,22,25). The van der Waals surface area contributed by atoms with Gasteiger partial charge in [-0.1, -0.05) is 23.7 Å². The van der Waals surface area contributed by atoms with Crippen molar-refractivity contribution in [3.05, 3.63) is 52.0 Å². The summed E-state index contributed by atoms with van der Waals surface area (Å²) in [4.78, 5) is 30.2. The van der Waals surface area contributed by atoms with Gasteiger partial charge in [-0.15, -0.1) is 11.3 Å². The number of thiazole rings is 1. The summed E-state index contributed by atoms with van der Waals surface area (Å²) in [6.07, 6.45) is 0. The third-order valence-electron chi connectivity index (χ3n) is 4.40. The summed E-state index contributed by atoms with van der Waals surface area (Å²) in [5, 5.41) is 0.983. The second-order valence-corrected chi connectivity index (χ2v) is 7.83. The molecule has 0 spiro atoms. The highest BCUT2D eigenvalue weighted by atomic mass is 35.5. The molecule has 1 atom stereocenters. The summed E-state index contributed by atoms with van der Waals surface area (Å²) in [6.45, 7) is 1.57. The van der Waals surface area contributed by atoms with Gasteiger partial charge in [-0.25, -0.2) is 4.98 Å². The number of methoxy groups -OCH3 is 1. The minimum Gasteiger partial charge on any atom is -0.493 e. The molecule has 152 valence electrons. The van der Waals surface area contributed by atoms with E-state index in [1.54, 1.807) is 23.3 Å². The number of benzene rings is 2. The minimum atomic E-state index is -0.646. The Labute approximate surface area is 177 Å². The number of carbonyl (C=O) groups excluding carboxylic acids is 2. The molecule has 29 heavy (non-hydrogen) atoms. The van der Waals surface area contributed by atoms with E-state index in [-0.39, 0.29) is 35.1 Å². The van der Waals surface area contributed by atoms with Crippen LogP contribution < -0.4 is 15.2 Å². The molecule has 3 aromatic rings. The topological polar surface area (TPSA) is 94.8 Å². The van der Waals surface area contributed by atoms with Crippen LogP contribution in [0.1, 0.15) is 28.3 Å². The second kappa shape index (κ2) is 8.67. The van der Waals surface area contributed by atoms with Gasteiger partial charge in [-0.05, 0) is 31.2 Å². The third-order valence-corrected chi connectivity index (χ3v) is 5.89. The summed E-state index contributed by atoms with van der Waals surface area (Å²) >= 11 is 7.81. The fourth-order valence-corrected chi connectivity index (χ4v) is 4.07. The molecule has 2 amide bonds. The first-order chi connectivity index (χ1) is 13.8. The fourth-order valence-electron chi connectivity index (χ4n) is 2.74. The number of carbonyl (C=O) groups is 2. The van der Waals surface area contributed by atoms with Gasteiger partial charge in [0.25, 0.3) is 11.8 Å². The van der Waals surface area contributed by atoms with Crippen LogP contribution >= 0.6 is 22.9 Å². The van der Waals surface area contributed by atoms with Crippen molar-refractivity contribution in [1.29, 1.82) is 0 Å². The van der Waals surface area contributed by atoms with Crippen molar-refractivity contribution in [3.63, 3.8) is 0 Å². The molecule has 0 radical (unpaired) electrons. The quantitative estimate of drug-likeness (QED) is 0.613. The molecule has 1 unspecified atom stereocenters. The van der Waals surface area contributed by atoms with Crippen LogP contribution in [0.2, 0.25) is 5.02 Å². The Kier molecular flexibility index (Phi) is 6.24. The van der Waals surface area contributed by atoms with Crippen LogP contribution in [0.5, 0.6) is 11.5 Å². The first-order valence-corrected chi connectivity index (χ1v) is 9.92.